The summed E-state index contributed by atoms with van der Waals surface area (Å²) in [5.74, 6) is 2.63. The number of aliphatic hydroxyl groups excluding tert-OH is 1. The highest BCUT2D eigenvalue weighted by molar-refractivity contribution is 5.66. The van der Waals surface area contributed by atoms with E-state index in [0.717, 1.165) is 43.9 Å². The molecule has 1 unspecified atom stereocenters. The summed E-state index contributed by atoms with van der Waals surface area (Å²) >= 11 is 0. The summed E-state index contributed by atoms with van der Waals surface area (Å²) < 4.78 is 11.1. The number of rotatable bonds is 4. The molecule has 4 aliphatic carbocycles. The van der Waals surface area contributed by atoms with Gasteiger partial charge in [0.15, 0.2) is 0 Å². The van der Waals surface area contributed by atoms with Crippen LogP contribution >= 0.6 is 0 Å². The number of fused-ring (bicyclic) bond motifs is 5. The van der Waals surface area contributed by atoms with E-state index in [1.165, 1.54) is 39.5 Å². The summed E-state index contributed by atoms with van der Waals surface area (Å²) in [4.78, 5) is 23.0. The Kier molecular flexibility index (Phi) is 5.97. The lowest BCUT2D eigenvalue weighted by Gasteiger charge is -2.61. The first-order valence-electron chi connectivity index (χ1n) is 12.1. The summed E-state index contributed by atoms with van der Waals surface area (Å²) in [5.41, 5.74) is 0.507. The predicted molar refractivity (Wildman–Crippen MR) is 113 cm³/mol. The molecule has 0 aromatic carbocycles. The second-order valence-electron chi connectivity index (χ2n) is 11.2. The maximum Gasteiger partial charge on any atom is 0.302 e. The van der Waals surface area contributed by atoms with Gasteiger partial charge >= 0.3 is 11.9 Å². The fourth-order valence-electron chi connectivity index (χ4n) is 8.67. The minimum Gasteiger partial charge on any atom is -0.463 e. The van der Waals surface area contributed by atoms with E-state index in [1.807, 2.05) is 0 Å². The zero-order valence-electron chi connectivity index (χ0n) is 19.2. The maximum absolute atomic E-state index is 11.6. The molecule has 1 N–H and O–H groups in total. The molecule has 9 atom stereocenters. The van der Waals surface area contributed by atoms with Gasteiger partial charge in [-0.05, 0) is 92.3 Å². The van der Waals surface area contributed by atoms with E-state index >= 15 is 0 Å². The van der Waals surface area contributed by atoms with Gasteiger partial charge in [-0.2, -0.15) is 0 Å². The molecule has 0 spiro atoms. The second kappa shape index (κ2) is 8.11. The summed E-state index contributed by atoms with van der Waals surface area (Å²) in [6.45, 7) is 7.83. The lowest BCUT2D eigenvalue weighted by atomic mass is 9.44. The molecule has 170 valence electrons. The fraction of sp³-hybridized carbons (Fsp3) is 0.920. The number of hydrogen-bond acceptors (Lipinski definition) is 5. The van der Waals surface area contributed by atoms with Gasteiger partial charge in [0.05, 0.1) is 6.61 Å². The van der Waals surface area contributed by atoms with Crippen molar-refractivity contribution in [3.63, 3.8) is 0 Å². The molecule has 0 bridgehead atoms. The molecule has 0 amide bonds. The average molecular weight is 421 g/mol. The Bertz CT molecular complexity index is 676. The third-order valence-electron chi connectivity index (χ3n) is 9.97. The molecule has 4 saturated carbocycles. The number of esters is 2. The van der Waals surface area contributed by atoms with Crippen molar-refractivity contribution in [3.05, 3.63) is 0 Å². The van der Waals surface area contributed by atoms with Crippen LogP contribution in [0.15, 0.2) is 0 Å². The maximum atomic E-state index is 11.6. The van der Waals surface area contributed by atoms with Crippen LogP contribution in [0.1, 0.15) is 85.5 Å². The van der Waals surface area contributed by atoms with E-state index in [1.54, 1.807) is 0 Å². The van der Waals surface area contributed by atoms with E-state index in [2.05, 4.69) is 13.8 Å². The van der Waals surface area contributed by atoms with Gasteiger partial charge in [-0.25, -0.2) is 0 Å². The summed E-state index contributed by atoms with van der Waals surface area (Å²) in [6.07, 6.45) is 10.1. The topological polar surface area (TPSA) is 72.8 Å². The van der Waals surface area contributed by atoms with Gasteiger partial charge < -0.3 is 14.6 Å². The molecule has 5 heteroatoms. The molecular weight excluding hydrogens is 380 g/mol. The van der Waals surface area contributed by atoms with E-state index in [-0.39, 0.29) is 42.1 Å². The van der Waals surface area contributed by atoms with Crippen LogP contribution in [0.3, 0.4) is 0 Å². The van der Waals surface area contributed by atoms with Crippen LogP contribution in [0, 0.1) is 40.4 Å². The molecule has 0 heterocycles. The van der Waals surface area contributed by atoms with E-state index < -0.39 is 0 Å². The Morgan fingerprint density at radius 2 is 1.63 bits per heavy atom. The van der Waals surface area contributed by atoms with Crippen LogP contribution in [0.2, 0.25) is 0 Å². The minimum atomic E-state index is -0.361. The molecular formula is C25H40O5. The minimum absolute atomic E-state index is 0.0714. The van der Waals surface area contributed by atoms with Gasteiger partial charge in [0.2, 0.25) is 0 Å². The van der Waals surface area contributed by atoms with Crippen LogP contribution < -0.4 is 0 Å². The smallest absolute Gasteiger partial charge is 0.302 e. The molecule has 0 aromatic heterocycles. The first-order chi connectivity index (χ1) is 14.2. The number of carbonyl (C=O) groups excluding carboxylic acids is 2. The molecule has 0 aliphatic heterocycles. The van der Waals surface area contributed by atoms with Crippen molar-refractivity contribution in [1.82, 2.24) is 0 Å². The predicted octanol–water partition coefficient (Wildman–Crippen LogP) is 4.50. The van der Waals surface area contributed by atoms with Crippen molar-refractivity contribution in [3.8, 4) is 0 Å². The van der Waals surface area contributed by atoms with Gasteiger partial charge in [-0.3, -0.25) is 9.59 Å². The van der Waals surface area contributed by atoms with E-state index in [0.29, 0.717) is 17.3 Å². The van der Waals surface area contributed by atoms with Gasteiger partial charge in [-0.15, -0.1) is 0 Å². The van der Waals surface area contributed by atoms with Crippen LogP contribution in [-0.2, 0) is 19.1 Å². The summed E-state index contributed by atoms with van der Waals surface area (Å²) in [6, 6.07) is 0. The van der Waals surface area contributed by atoms with Crippen molar-refractivity contribution >= 4 is 11.9 Å². The second-order valence-corrected chi connectivity index (χ2v) is 11.2. The van der Waals surface area contributed by atoms with E-state index in [4.69, 9.17) is 9.47 Å². The summed E-state index contributed by atoms with van der Waals surface area (Å²) in [5, 5.41) is 9.94. The fourth-order valence-corrected chi connectivity index (χ4v) is 8.67. The Labute approximate surface area is 181 Å². The molecule has 5 nitrogen and oxygen atoms in total. The SMILES string of the molecule is CC(=O)O[C@H]1CC[C@@]2(C)C(CC[C@H]3[C@@H]4CC[C@H]([C@H](CO)OC(C)=O)[C@@]4(C)CC[C@@H]32)C1. The molecule has 4 aliphatic rings. The Balaban J connectivity index is 1.51. The Hall–Kier alpha value is -1.10. The van der Waals surface area contributed by atoms with Crippen LogP contribution in [0.5, 0.6) is 0 Å². The first kappa shape index (κ1) is 22.1. The first-order valence-corrected chi connectivity index (χ1v) is 12.1. The molecule has 30 heavy (non-hydrogen) atoms. The molecule has 0 aromatic rings. The number of carbonyl (C=O) groups is 2. The Morgan fingerprint density at radius 1 is 0.933 bits per heavy atom. The van der Waals surface area contributed by atoms with E-state index in [9.17, 15) is 14.7 Å². The third kappa shape index (κ3) is 3.59. The third-order valence-corrected chi connectivity index (χ3v) is 9.97. The quantitative estimate of drug-likeness (QED) is 0.678. The van der Waals surface area contributed by atoms with Crippen molar-refractivity contribution in [2.24, 2.45) is 40.4 Å². The lowest BCUT2D eigenvalue weighted by Crippen LogP contribution is -2.55. The highest BCUT2D eigenvalue weighted by atomic mass is 16.6. The van der Waals surface area contributed by atoms with Crippen LogP contribution in [0.4, 0.5) is 0 Å². The zero-order valence-corrected chi connectivity index (χ0v) is 19.2. The number of aliphatic hydroxyl groups is 1. The van der Waals surface area contributed by atoms with Crippen LogP contribution in [0.25, 0.3) is 0 Å². The van der Waals surface area contributed by atoms with Gasteiger partial charge in [0.25, 0.3) is 0 Å². The molecule has 0 saturated heterocycles. The van der Waals surface area contributed by atoms with Gasteiger partial charge in [0.1, 0.15) is 12.2 Å². The standard InChI is InChI=1S/C25H40O5/c1-15(27)29-18-9-11-24(3)17(13-18)5-6-19-20-7-8-22(23(14-26)30-16(2)28)25(20,4)12-10-21(19)24/h17-23,26H,5-14H2,1-4H3/t17?,18-,19-,20-,21-,22+,23-,24-,25-/m0/s1. The van der Waals surface area contributed by atoms with Crippen molar-refractivity contribution in [1.29, 1.82) is 0 Å². The molecule has 0 radical (unpaired) electrons. The summed E-state index contributed by atoms with van der Waals surface area (Å²) in [7, 11) is 0. The lowest BCUT2D eigenvalue weighted by molar-refractivity contribution is -0.167. The highest BCUT2D eigenvalue weighted by Crippen LogP contribution is 2.68. The number of ether oxygens (including phenoxy) is 2. The molecule has 4 fully saturated rings. The molecule has 4 rings (SSSR count). The van der Waals surface area contributed by atoms with Crippen molar-refractivity contribution < 1.29 is 24.2 Å². The van der Waals surface area contributed by atoms with Crippen LogP contribution in [-0.4, -0.2) is 35.9 Å². The highest BCUT2D eigenvalue weighted by Gasteiger charge is 2.61. The van der Waals surface area contributed by atoms with Gasteiger partial charge in [-0.1, -0.05) is 13.8 Å². The largest absolute Gasteiger partial charge is 0.463 e. The number of hydrogen-bond donors (Lipinski definition) is 1. The normalized spacial score (nSPS) is 46.2. The monoisotopic (exact) mass is 420 g/mol. The van der Waals surface area contributed by atoms with Crippen molar-refractivity contribution in [2.75, 3.05) is 6.61 Å². The Morgan fingerprint density at radius 3 is 2.30 bits per heavy atom. The van der Waals surface area contributed by atoms with Crippen molar-refractivity contribution in [2.45, 2.75) is 97.7 Å². The van der Waals surface area contributed by atoms with Gasteiger partial charge in [0, 0.05) is 19.8 Å². The average Bonchev–Trinajstić information content (AvgIpc) is 3.03. The zero-order chi connectivity index (χ0) is 21.7.